The normalized spacial score (nSPS) is 14.6. The van der Waals surface area contributed by atoms with Gasteiger partial charge in [-0.25, -0.2) is 0 Å². The third-order valence-corrected chi connectivity index (χ3v) is 3.06. The highest BCUT2D eigenvalue weighted by Gasteiger charge is 2.16. The second-order valence-electron chi connectivity index (χ2n) is 3.62. The molecular weight excluding hydrogens is 202 g/mol. The van der Waals surface area contributed by atoms with Gasteiger partial charge in [0.25, 0.3) is 10.2 Å². The fourth-order valence-corrected chi connectivity index (χ4v) is 2.48. The summed E-state index contributed by atoms with van der Waals surface area (Å²) in [5, 5.41) is 0. The third-order valence-electron chi connectivity index (χ3n) is 1.63. The predicted octanol–water partition coefficient (Wildman–Crippen LogP) is -0.0538. The van der Waals surface area contributed by atoms with E-state index >= 15 is 0 Å². The molecule has 0 saturated carbocycles. The molecule has 5 nitrogen and oxygen atoms in total. The summed E-state index contributed by atoms with van der Waals surface area (Å²) in [6, 6.07) is -0.274. The second-order valence-corrected chi connectivity index (χ2v) is 5.09. The van der Waals surface area contributed by atoms with Crippen LogP contribution in [0.5, 0.6) is 0 Å². The summed E-state index contributed by atoms with van der Waals surface area (Å²) in [6.07, 6.45) is 1.67. The summed E-state index contributed by atoms with van der Waals surface area (Å²) in [4.78, 5) is 0. The maximum Gasteiger partial charge on any atom is 0.277 e. The Hall–Kier alpha value is -0.170. The molecule has 0 aromatic carbocycles. The Balaban J connectivity index is 4.18. The first-order chi connectivity index (χ1) is 6.41. The van der Waals surface area contributed by atoms with E-state index in [-0.39, 0.29) is 12.1 Å². The largest absolute Gasteiger partial charge is 0.329 e. The molecule has 0 aromatic heterocycles. The van der Waals surface area contributed by atoms with Gasteiger partial charge in [-0.3, -0.25) is 0 Å². The van der Waals surface area contributed by atoms with Crippen molar-refractivity contribution in [1.82, 2.24) is 9.44 Å². The van der Waals surface area contributed by atoms with Crippen LogP contribution < -0.4 is 15.2 Å². The van der Waals surface area contributed by atoms with Gasteiger partial charge in [0.15, 0.2) is 0 Å². The predicted molar refractivity (Wildman–Crippen MR) is 58.1 cm³/mol. The quantitative estimate of drug-likeness (QED) is 0.565. The lowest BCUT2D eigenvalue weighted by Gasteiger charge is -2.17. The van der Waals surface area contributed by atoms with E-state index in [9.17, 15) is 8.42 Å². The van der Waals surface area contributed by atoms with Crippen LogP contribution in [0.3, 0.4) is 0 Å². The lowest BCUT2D eigenvalue weighted by molar-refractivity contribution is 0.511. The Morgan fingerprint density at radius 2 is 1.86 bits per heavy atom. The smallest absolute Gasteiger partial charge is 0.277 e. The average Bonchev–Trinajstić information content (AvgIpc) is 2.00. The van der Waals surface area contributed by atoms with Crippen molar-refractivity contribution in [1.29, 1.82) is 0 Å². The first kappa shape index (κ1) is 13.8. The molecule has 4 N–H and O–H groups in total. The molecule has 0 fully saturated rings. The lowest BCUT2D eigenvalue weighted by atomic mass is 10.2. The molecule has 6 heteroatoms. The summed E-state index contributed by atoms with van der Waals surface area (Å²) in [7, 11) is -3.39. The van der Waals surface area contributed by atoms with Crippen LogP contribution in [0.4, 0.5) is 0 Å². The maximum atomic E-state index is 11.4. The Labute approximate surface area is 86.6 Å². The third kappa shape index (κ3) is 6.31. The number of rotatable bonds is 7. The standard InChI is InChI=1S/C8H21N3O2S/c1-4-5-8(6-9)11-14(12,13)10-7(2)3/h7-8,10-11H,4-6,9H2,1-3H3. The van der Waals surface area contributed by atoms with Crippen LogP contribution in [-0.4, -0.2) is 27.0 Å². The number of hydrogen-bond donors (Lipinski definition) is 3. The van der Waals surface area contributed by atoms with E-state index in [4.69, 9.17) is 5.73 Å². The molecular formula is C8H21N3O2S. The molecule has 0 bridgehead atoms. The summed E-state index contributed by atoms with van der Waals surface area (Å²) >= 11 is 0. The monoisotopic (exact) mass is 223 g/mol. The topological polar surface area (TPSA) is 84.2 Å². The van der Waals surface area contributed by atoms with Gasteiger partial charge < -0.3 is 5.73 Å². The SMILES string of the molecule is CCCC(CN)NS(=O)(=O)NC(C)C. The Bertz CT molecular complexity index is 239. The summed E-state index contributed by atoms with van der Waals surface area (Å²) in [5.74, 6) is 0. The number of nitrogens with two attached hydrogens (primary N) is 1. The Morgan fingerprint density at radius 3 is 2.21 bits per heavy atom. The van der Waals surface area contributed by atoms with Crippen LogP contribution in [0.1, 0.15) is 33.6 Å². The minimum absolute atomic E-state index is 0.104. The molecule has 14 heavy (non-hydrogen) atoms. The van der Waals surface area contributed by atoms with E-state index in [1.54, 1.807) is 13.8 Å². The van der Waals surface area contributed by atoms with Crippen molar-refractivity contribution < 1.29 is 8.42 Å². The molecule has 0 aliphatic rings. The average molecular weight is 223 g/mol. The molecule has 0 rings (SSSR count). The van der Waals surface area contributed by atoms with Gasteiger partial charge >= 0.3 is 0 Å². The minimum atomic E-state index is -3.39. The van der Waals surface area contributed by atoms with Crippen LogP contribution in [0, 0.1) is 0 Å². The van der Waals surface area contributed by atoms with Gasteiger partial charge in [0.05, 0.1) is 0 Å². The van der Waals surface area contributed by atoms with E-state index in [1.807, 2.05) is 6.92 Å². The zero-order chi connectivity index (χ0) is 11.2. The molecule has 0 aliphatic heterocycles. The van der Waals surface area contributed by atoms with Crippen molar-refractivity contribution in [3.8, 4) is 0 Å². The highest BCUT2D eigenvalue weighted by Crippen LogP contribution is 1.96. The van der Waals surface area contributed by atoms with E-state index in [1.165, 1.54) is 0 Å². The maximum absolute atomic E-state index is 11.4. The molecule has 1 unspecified atom stereocenters. The number of nitrogens with one attached hydrogen (secondary N) is 2. The number of hydrogen-bond acceptors (Lipinski definition) is 3. The minimum Gasteiger partial charge on any atom is -0.329 e. The van der Waals surface area contributed by atoms with Crippen LogP contribution >= 0.6 is 0 Å². The van der Waals surface area contributed by atoms with E-state index in [0.717, 1.165) is 12.8 Å². The summed E-state index contributed by atoms with van der Waals surface area (Å²) < 4.78 is 27.8. The molecule has 1 atom stereocenters. The van der Waals surface area contributed by atoms with Gasteiger partial charge in [0.1, 0.15) is 0 Å². The van der Waals surface area contributed by atoms with E-state index in [0.29, 0.717) is 6.54 Å². The second kappa shape index (κ2) is 6.34. The van der Waals surface area contributed by atoms with Gasteiger partial charge in [-0.15, -0.1) is 0 Å². The fraction of sp³-hybridized carbons (Fsp3) is 1.00. The lowest BCUT2D eigenvalue weighted by Crippen LogP contribution is -2.47. The van der Waals surface area contributed by atoms with Crippen LogP contribution in [0.25, 0.3) is 0 Å². The summed E-state index contributed by atoms with van der Waals surface area (Å²) in [6.45, 7) is 5.87. The first-order valence-electron chi connectivity index (χ1n) is 4.91. The Kier molecular flexibility index (Phi) is 6.26. The molecule has 86 valence electrons. The van der Waals surface area contributed by atoms with Gasteiger partial charge in [0.2, 0.25) is 0 Å². The van der Waals surface area contributed by atoms with Crippen molar-refractivity contribution in [3.05, 3.63) is 0 Å². The van der Waals surface area contributed by atoms with Crippen LogP contribution in [0.2, 0.25) is 0 Å². The van der Waals surface area contributed by atoms with Crippen LogP contribution in [0.15, 0.2) is 0 Å². The molecule has 0 saturated heterocycles. The van der Waals surface area contributed by atoms with Crippen LogP contribution in [-0.2, 0) is 10.2 Å². The molecule has 0 heterocycles. The molecule has 0 aliphatic carbocycles. The van der Waals surface area contributed by atoms with E-state index in [2.05, 4.69) is 9.44 Å². The molecule has 0 aromatic rings. The van der Waals surface area contributed by atoms with Crippen molar-refractivity contribution in [2.45, 2.75) is 45.7 Å². The first-order valence-corrected chi connectivity index (χ1v) is 6.39. The van der Waals surface area contributed by atoms with Crippen molar-refractivity contribution in [3.63, 3.8) is 0 Å². The zero-order valence-corrected chi connectivity index (χ0v) is 9.89. The van der Waals surface area contributed by atoms with Crippen molar-refractivity contribution in [2.75, 3.05) is 6.54 Å². The van der Waals surface area contributed by atoms with Gasteiger partial charge in [-0.05, 0) is 20.3 Å². The summed E-state index contributed by atoms with van der Waals surface area (Å²) in [5.41, 5.74) is 5.44. The van der Waals surface area contributed by atoms with Crippen molar-refractivity contribution >= 4 is 10.2 Å². The highest BCUT2D eigenvalue weighted by molar-refractivity contribution is 7.87. The van der Waals surface area contributed by atoms with Gasteiger partial charge in [0, 0.05) is 18.6 Å². The molecule has 0 radical (unpaired) electrons. The molecule has 0 amide bonds. The van der Waals surface area contributed by atoms with Gasteiger partial charge in [-0.1, -0.05) is 13.3 Å². The van der Waals surface area contributed by atoms with E-state index < -0.39 is 10.2 Å². The zero-order valence-electron chi connectivity index (χ0n) is 9.08. The highest BCUT2D eigenvalue weighted by atomic mass is 32.2. The van der Waals surface area contributed by atoms with Crippen molar-refractivity contribution in [2.24, 2.45) is 5.73 Å². The Morgan fingerprint density at radius 1 is 1.29 bits per heavy atom. The fourth-order valence-electron chi connectivity index (χ4n) is 1.14. The molecule has 0 spiro atoms. The van der Waals surface area contributed by atoms with Gasteiger partial charge in [-0.2, -0.15) is 17.9 Å².